The number of anilines is 1. The number of pyridine rings is 1. The molecule has 0 radical (unpaired) electrons. The van der Waals surface area contributed by atoms with Crippen molar-refractivity contribution in [2.45, 2.75) is 62.9 Å². The number of carbonyl (C=O) groups excluding carboxylic acids is 1. The predicted molar refractivity (Wildman–Crippen MR) is 113 cm³/mol. The zero-order valence-corrected chi connectivity index (χ0v) is 17.2. The lowest BCUT2D eigenvalue weighted by Gasteiger charge is -2.15. The zero-order valence-electron chi connectivity index (χ0n) is 16.4. The molecule has 0 spiro atoms. The number of nitrogens with zero attached hydrogens (tertiary/aromatic N) is 1. The minimum absolute atomic E-state index is 0.436. The molecule has 0 saturated heterocycles. The Hall–Kier alpha value is -2.09. The Morgan fingerprint density at radius 1 is 1.14 bits per heavy atom. The van der Waals surface area contributed by atoms with Gasteiger partial charge in [-0.15, -0.1) is 0 Å². The molecular weight excluding hydrogens is 372 g/mol. The molecule has 150 valence electrons. The number of primary amides is 1. The summed E-state index contributed by atoms with van der Waals surface area (Å²) < 4.78 is 0. The number of fused-ring (bicyclic) bond motifs is 2. The van der Waals surface area contributed by atoms with Crippen molar-refractivity contribution in [1.82, 2.24) is 4.98 Å². The van der Waals surface area contributed by atoms with Gasteiger partial charge in [0.1, 0.15) is 5.60 Å². The summed E-state index contributed by atoms with van der Waals surface area (Å²) in [6.07, 6.45) is 8.51. The van der Waals surface area contributed by atoms with Gasteiger partial charge in [0.25, 0.3) is 0 Å². The number of carbonyl (C=O) groups is 1. The van der Waals surface area contributed by atoms with Gasteiger partial charge in [0.15, 0.2) is 0 Å². The molecule has 0 aliphatic heterocycles. The molecule has 6 N–H and O–H groups in total. The number of aryl methyl sites for hydroxylation is 2. The smallest absolute Gasteiger partial charge is 0.316 e. The molecule has 2 amide bonds. The molecule has 2 aromatic rings. The van der Waals surface area contributed by atoms with Crippen LogP contribution in [0, 0.1) is 0 Å². The Morgan fingerprint density at radius 2 is 1.75 bits per heavy atom. The molecule has 0 unspecified atom stereocenters. The second-order valence-electron chi connectivity index (χ2n) is 7.78. The van der Waals surface area contributed by atoms with Crippen molar-refractivity contribution in [2.24, 2.45) is 10.9 Å². The Kier molecular flexibility index (Phi) is 6.27. The molecule has 0 fully saturated rings. The van der Waals surface area contributed by atoms with E-state index >= 15 is 0 Å². The molecule has 0 saturated carbocycles. The summed E-state index contributed by atoms with van der Waals surface area (Å²) in [5.41, 5.74) is 11.6. The van der Waals surface area contributed by atoms with E-state index in [-0.39, 0.29) is 0 Å². The van der Waals surface area contributed by atoms with Gasteiger partial charge >= 0.3 is 6.03 Å². The van der Waals surface area contributed by atoms with Crippen LogP contribution >= 0.6 is 11.9 Å². The molecule has 7 heteroatoms. The standard InChI is InChI=1S/C13H16N2O.C8H12N2OS/c14-13(16)15-12-10-5-1-3-8(10)7-9-4-2-6-11(9)12;1-8(2,11)7-4-3-6(12-9)5-10-7/h7H,1-6H2,(H3,14,15,16);3-5,11H,9H2,1-2H3. The van der Waals surface area contributed by atoms with Crippen LogP contribution in [0.3, 0.4) is 0 Å². The normalized spacial score (nSPS) is 14.7. The number of nitrogens with two attached hydrogens (primary N) is 2. The SMILES string of the molecule is CC(C)(O)c1ccc(SN)cn1.NC(=O)Nc1c2c(cc3c1CCC3)CCC2. The number of aromatic nitrogens is 1. The van der Waals surface area contributed by atoms with E-state index in [2.05, 4.69) is 16.4 Å². The monoisotopic (exact) mass is 400 g/mol. The first-order chi connectivity index (χ1) is 13.3. The first-order valence-electron chi connectivity index (χ1n) is 9.58. The molecule has 1 aromatic carbocycles. The Balaban J connectivity index is 0.000000169. The summed E-state index contributed by atoms with van der Waals surface area (Å²) in [4.78, 5) is 16.0. The number of hydrogen-bond donors (Lipinski definition) is 4. The fourth-order valence-electron chi connectivity index (χ4n) is 3.90. The number of urea groups is 1. The van der Waals surface area contributed by atoms with Crippen LogP contribution in [-0.2, 0) is 31.3 Å². The molecule has 1 aromatic heterocycles. The highest BCUT2D eigenvalue weighted by Crippen LogP contribution is 2.38. The summed E-state index contributed by atoms with van der Waals surface area (Å²) in [5, 5.41) is 17.7. The molecule has 1 heterocycles. The Labute approximate surface area is 170 Å². The van der Waals surface area contributed by atoms with E-state index in [1.54, 1.807) is 26.1 Å². The molecule has 2 aliphatic carbocycles. The van der Waals surface area contributed by atoms with Crippen LogP contribution < -0.4 is 16.2 Å². The minimum atomic E-state index is -0.877. The highest BCUT2D eigenvalue weighted by atomic mass is 32.2. The van der Waals surface area contributed by atoms with E-state index in [4.69, 9.17) is 10.9 Å². The fourth-order valence-corrected chi connectivity index (χ4v) is 4.16. The Bertz CT molecular complexity index is 828. The molecule has 0 atom stereocenters. The maximum Gasteiger partial charge on any atom is 0.316 e. The van der Waals surface area contributed by atoms with Gasteiger partial charge in [-0.05, 0) is 98.7 Å². The maximum absolute atomic E-state index is 11.1. The van der Waals surface area contributed by atoms with Crippen LogP contribution in [0.2, 0.25) is 0 Å². The molecule has 4 rings (SSSR count). The highest BCUT2D eigenvalue weighted by Gasteiger charge is 2.24. The van der Waals surface area contributed by atoms with Crippen molar-refractivity contribution in [1.29, 1.82) is 0 Å². The summed E-state index contributed by atoms with van der Waals surface area (Å²) in [7, 11) is 0. The van der Waals surface area contributed by atoms with Crippen molar-refractivity contribution in [3.8, 4) is 0 Å². The van der Waals surface area contributed by atoms with E-state index in [1.165, 1.54) is 35.1 Å². The fraction of sp³-hybridized carbons (Fsp3) is 0.429. The van der Waals surface area contributed by atoms with Crippen LogP contribution in [0.25, 0.3) is 0 Å². The third kappa shape index (κ3) is 4.66. The highest BCUT2D eigenvalue weighted by molar-refractivity contribution is 7.97. The van der Waals surface area contributed by atoms with E-state index in [1.807, 2.05) is 6.07 Å². The van der Waals surface area contributed by atoms with Gasteiger partial charge in [0.05, 0.1) is 5.69 Å². The van der Waals surface area contributed by atoms with Crippen molar-refractivity contribution >= 4 is 23.7 Å². The summed E-state index contributed by atoms with van der Waals surface area (Å²) in [6, 6.07) is 5.52. The van der Waals surface area contributed by atoms with Gasteiger partial charge in [0, 0.05) is 16.8 Å². The minimum Gasteiger partial charge on any atom is -0.384 e. The number of amides is 2. The second-order valence-corrected chi connectivity index (χ2v) is 8.49. The number of rotatable bonds is 3. The predicted octanol–water partition coefficient (Wildman–Crippen LogP) is 3.43. The number of nitrogens with one attached hydrogen (secondary N) is 1. The summed E-state index contributed by atoms with van der Waals surface area (Å²) in [6.45, 7) is 3.40. The number of aliphatic hydroxyl groups is 1. The van der Waals surface area contributed by atoms with Crippen molar-refractivity contribution in [3.63, 3.8) is 0 Å². The third-order valence-electron chi connectivity index (χ3n) is 5.22. The van der Waals surface area contributed by atoms with Crippen molar-refractivity contribution < 1.29 is 9.90 Å². The Morgan fingerprint density at radius 3 is 2.18 bits per heavy atom. The van der Waals surface area contributed by atoms with Crippen LogP contribution in [0.15, 0.2) is 29.3 Å². The largest absolute Gasteiger partial charge is 0.384 e. The molecule has 6 nitrogen and oxygen atoms in total. The topological polar surface area (TPSA) is 114 Å². The molecule has 28 heavy (non-hydrogen) atoms. The van der Waals surface area contributed by atoms with E-state index in [0.29, 0.717) is 5.69 Å². The van der Waals surface area contributed by atoms with Gasteiger partial charge in [-0.2, -0.15) is 0 Å². The molecule has 2 aliphatic rings. The summed E-state index contributed by atoms with van der Waals surface area (Å²) >= 11 is 1.14. The first-order valence-corrected chi connectivity index (χ1v) is 10.5. The lowest BCUT2D eigenvalue weighted by atomic mass is 9.99. The summed E-state index contributed by atoms with van der Waals surface area (Å²) in [5.74, 6) is 0. The third-order valence-corrected chi connectivity index (χ3v) is 5.73. The lowest BCUT2D eigenvalue weighted by molar-refractivity contribution is 0.0737. The number of benzene rings is 1. The van der Waals surface area contributed by atoms with Gasteiger partial charge in [-0.3, -0.25) is 10.1 Å². The van der Waals surface area contributed by atoms with Crippen LogP contribution in [0.5, 0.6) is 0 Å². The van der Waals surface area contributed by atoms with Crippen LogP contribution in [0.4, 0.5) is 10.5 Å². The van der Waals surface area contributed by atoms with Crippen molar-refractivity contribution in [2.75, 3.05) is 5.32 Å². The second kappa shape index (κ2) is 8.51. The van der Waals surface area contributed by atoms with Crippen molar-refractivity contribution in [3.05, 3.63) is 52.3 Å². The first kappa shape index (κ1) is 20.6. The van der Waals surface area contributed by atoms with Crippen LogP contribution in [-0.4, -0.2) is 16.1 Å². The van der Waals surface area contributed by atoms with E-state index < -0.39 is 11.6 Å². The quantitative estimate of drug-likeness (QED) is 0.589. The molecule has 0 bridgehead atoms. The van der Waals surface area contributed by atoms with Gasteiger partial charge in [-0.25, -0.2) is 4.79 Å². The van der Waals surface area contributed by atoms with Crippen LogP contribution in [0.1, 0.15) is 54.6 Å². The molecular formula is C21H28N4O2S. The average Bonchev–Trinajstić information content (AvgIpc) is 3.30. The maximum atomic E-state index is 11.1. The van der Waals surface area contributed by atoms with Gasteiger partial charge in [-0.1, -0.05) is 6.07 Å². The average molecular weight is 401 g/mol. The van der Waals surface area contributed by atoms with E-state index in [0.717, 1.165) is 48.2 Å². The zero-order chi connectivity index (χ0) is 20.3. The van der Waals surface area contributed by atoms with E-state index in [9.17, 15) is 9.90 Å². The number of hydrogen-bond acceptors (Lipinski definition) is 5. The lowest BCUT2D eigenvalue weighted by Crippen LogP contribution is -2.21. The van der Waals surface area contributed by atoms with Gasteiger partial charge < -0.3 is 16.2 Å². The van der Waals surface area contributed by atoms with Gasteiger partial charge in [0.2, 0.25) is 0 Å².